The number of benzene rings is 2. The van der Waals surface area contributed by atoms with Crippen LogP contribution in [0.3, 0.4) is 0 Å². The van der Waals surface area contributed by atoms with Gasteiger partial charge in [0.25, 0.3) is 5.91 Å². The predicted octanol–water partition coefficient (Wildman–Crippen LogP) is 4.11. The summed E-state index contributed by atoms with van der Waals surface area (Å²) in [5, 5.41) is 2.75. The number of nitrogens with one attached hydrogen (secondary N) is 1. The number of amides is 1. The van der Waals surface area contributed by atoms with Crippen LogP contribution in [0.1, 0.15) is 28.4 Å². The number of ether oxygens (including phenoxy) is 3. The zero-order valence-corrected chi connectivity index (χ0v) is 18.5. The molecule has 0 aliphatic heterocycles. The number of carbonyl (C=O) groups is 2. The summed E-state index contributed by atoms with van der Waals surface area (Å²) >= 11 is 1.65. The van der Waals surface area contributed by atoms with Crippen LogP contribution < -0.4 is 14.8 Å². The summed E-state index contributed by atoms with van der Waals surface area (Å²) < 4.78 is 15.8. The molecule has 0 bridgehead atoms. The molecule has 0 fully saturated rings. The Bertz CT molecular complexity index is 893. The maximum absolute atomic E-state index is 12.4. The Hall–Kier alpha value is -2.93. The quantitative estimate of drug-likeness (QED) is 0.348. The highest BCUT2D eigenvalue weighted by molar-refractivity contribution is 7.99. The Morgan fingerprint density at radius 1 is 1.10 bits per heavy atom. The highest BCUT2D eigenvalue weighted by Crippen LogP contribution is 2.33. The van der Waals surface area contributed by atoms with Crippen LogP contribution in [0, 0.1) is 6.92 Å². The molecule has 2 aromatic rings. The second-order valence-corrected chi connectivity index (χ2v) is 7.56. The Labute approximate surface area is 181 Å². The van der Waals surface area contributed by atoms with Crippen molar-refractivity contribution in [3.63, 3.8) is 0 Å². The normalized spacial score (nSPS) is 10.7. The first-order valence-corrected chi connectivity index (χ1v) is 10.5. The molecular weight excluding hydrogens is 402 g/mol. The zero-order valence-electron chi connectivity index (χ0n) is 17.7. The van der Waals surface area contributed by atoms with E-state index in [1.54, 1.807) is 23.9 Å². The van der Waals surface area contributed by atoms with E-state index in [9.17, 15) is 9.59 Å². The molecule has 0 aliphatic carbocycles. The topological polar surface area (TPSA) is 73.9 Å². The highest BCUT2D eigenvalue weighted by atomic mass is 32.2. The molecule has 2 aromatic carbocycles. The molecule has 0 saturated heterocycles. The fourth-order valence-electron chi connectivity index (χ4n) is 2.67. The zero-order chi connectivity index (χ0) is 21.9. The van der Waals surface area contributed by atoms with Gasteiger partial charge in [0.15, 0.2) is 18.1 Å². The number of hydrogen-bond donors (Lipinski definition) is 1. The average molecular weight is 430 g/mol. The summed E-state index contributed by atoms with van der Waals surface area (Å²) in [4.78, 5) is 25.5. The van der Waals surface area contributed by atoms with Gasteiger partial charge in [-0.15, -0.1) is 11.8 Å². The summed E-state index contributed by atoms with van der Waals surface area (Å²) in [5.41, 5.74) is 2.18. The van der Waals surface area contributed by atoms with Crippen molar-refractivity contribution in [2.75, 3.05) is 33.1 Å². The van der Waals surface area contributed by atoms with Crippen molar-refractivity contribution in [2.24, 2.45) is 0 Å². The fourth-order valence-corrected chi connectivity index (χ4v) is 3.44. The van der Waals surface area contributed by atoms with Crippen LogP contribution in [-0.4, -0.2) is 45.0 Å². The Kier molecular flexibility index (Phi) is 9.28. The monoisotopic (exact) mass is 429 g/mol. The second kappa shape index (κ2) is 11.9. The number of allylic oxidation sites excluding steroid dienone is 1. The first-order valence-electron chi connectivity index (χ1n) is 9.50. The van der Waals surface area contributed by atoms with Crippen LogP contribution in [0.4, 0.5) is 0 Å². The Morgan fingerprint density at radius 3 is 2.47 bits per heavy atom. The van der Waals surface area contributed by atoms with Crippen molar-refractivity contribution in [1.82, 2.24) is 5.32 Å². The number of aryl methyl sites for hydroxylation is 1. The Morgan fingerprint density at radius 2 is 1.83 bits per heavy atom. The van der Waals surface area contributed by atoms with E-state index in [0.717, 1.165) is 10.6 Å². The molecule has 1 amide bonds. The van der Waals surface area contributed by atoms with Gasteiger partial charge in [-0.1, -0.05) is 29.8 Å². The van der Waals surface area contributed by atoms with E-state index in [1.165, 1.54) is 25.8 Å². The minimum atomic E-state index is -0.606. The van der Waals surface area contributed by atoms with Crippen molar-refractivity contribution in [2.45, 2.75) is 18.7 Å². The van der Waals surface area contributed by atoms with Crippen LogP contribution in [0.2, 0.25) is 0 Å². The fraction of sp³-hybridized carbons (Fsp3) is 0.304. The maximum Gasteiger partial charge on any atom is 0.338 e. The molecule has 0 spiro atoms. The maximum atomic E-state index is 12.4. The molecule has 0 atom stereocenters. The van der Waals surface area contributed by atoms with Gasteiger partial charge in [-0.25, -0.2) is 4.79 Å². The third kappa shape index (κ3) is 6.84. The molecule has 6 nitrogen and oxygen atoms in total. The van der Waals surface area contributed by atoms with Crippen LogP contribution >= 0.6 is 11.8 Å². The number of carbonyl (C=O) groups excluding carboxylic acids is 2. The van der Waals surface area contributed by atoms with Gasteiger partial charge in [-0.3, -0.25) is 4.79 Å². The van der Waals surface area contributed by atoms with E-state index < -0.39 is 5.97 Å². The van der Waals surface area contributed by atoms with Gasteiger partial charge >= 0.3 is 5.97 Å². The molecule has 0 unspecified atom stereocenters. The smallest absolute Gasteiger partial charge is 0.338 e. The van der Waals surface area contributed by atoms with E-state index in [-0.39, 0.29) is 18.1 Å². The standard InChI is InChI=1S/C23H27NO5S/c1-5-6-17-13-18(14-20(27-3)22(17)28-4)23(26)29-15-21(25)24-11-12-30-19-9-7-16(2)8-10-19/h5-10,13-14H,11-12,15H2,1-4H3,(H,24,25)/b6-5+. The largest absolute Gasteiger partial charge is 0.493 e. The summed E-state index contributed by atoms with van der Waals surface area (Å²) in [7, 11) is 3.03. The van der Waals surface area contributed by atoms with Gasteiger partial charge in [0, 0.05) is 22.8 Å². The Balaban J connectivity index is 1.85. The first-order chi connectivity index (χ1) is 14.5. The molecule has 1 N–H and O–H groups in total. The summed E-state index contributed by atoms with van der Waals surface area (Å²) in [6.07, 6.45) is 3.63. The predicted molar refractivity (Wildman–Crippen MR) is 119 cm³/mol. The van der Waals surface area contributed by atoms with Crippen molar-refractivity contribution in [3.05, 3.63) is 59.2 Å². The molecule has 0 aliphatic rings. The van der Waals surface area contributed by atoms with Gasteiger partial charge < -0.3 is 19.5 Å². The van der Waals surface area contributed by atoms with Crippen LogP contribution in [0.15, 0.2) is 47.4 Å². The van der Waals surface area contributed by atoms with E-state index in [4.69, 9.17) is 14.2 Å². The van der Waals surface area contributed by atoms with Crippen molar-refractivity contribution in [3.8, 4) is 11.5 Å². The lowest BCUT2D eigenvalue weighted by atomic mass is 10.1. The van der Waals surface area contributed by atoms with Crippen LogP contribution in [-0.2, 0) is 9.53 Å². The molecule has 7 heteroatoms. The molecular formula is C23H27NO5S. The lowest BCUT2D eigenvalue weighted by Gasteiger charge is -2.13. The summed E-state index contributed by atoms with van der Waals surface area (Å²) in [6, 6.07) is 11.4. The van der Waals surface area contributed by atoms with E-state index >= 15 is 0 Å². The van der Waals surface area contributed by atoms with Gasteiger partial charge in [0.2, 0.25) is 0 Å². The highest BCUT2D eigenvalue weighted by Gasteiger charge is 2.17. The molecule has 2 rings (SSSR count). The second-order valence-electron chi connectivity index (χ2n) is 6.39. The summed E-state index contributed by atoms with van der Waals surface area (Å²) in [6.45, 7) is 4.04. The number of methoxy groups -OCH3 is 2. The molecule has 0 saturated carbocycles. The van der Waals surface area contributed by atoms with Gasteiger partial charge in [0.05, 0.1) is 19.8 Å². The van der Waals surface area contributed by atoms with Gasteiger partial charge in [-0.05, 0) is 38.1 Å². The van der Waals surface area contributed by atoms with Gasteiger partial charge in [0.1, 0.15) is 0 Å². The molecule has 0 radical (unpaired) electrons. The summed E-state index contributed by atoms with van der Waals surface area (Å²) in [5.74, 6) is 0.715. The molecule has 160 valence electrons. The third-order valence-electron chi connectivity index (χ3n) is 4.14. The molecule has 0 aromatic heterocycles. The average Bonchev–Trinajstić information content (AvgIpc) is 2.75. The van der Waals surface area contributed by atoms with Crippen LogP contribution in [0.5, 0.6) is 11.5 Å². The van der Waals surface area contributed by atoms with E-state index in [1.807, 2.05) is 19.9 Å². The number of rotatable bonds is 10. The van der Waals surface area contributed by atoms with Gasteiger partial charge in [-0.2, -0.15) is 0 Å². The van der Waals surface area contributed by atoms with E-state index in [0.29, 0.717) is 23.6 Å². The SMILES string of the molecule is C/C=C/c1cc(C(=O)OCC(=O)NCCSc2ccc(C)cc2)cc(OC)c1OC. The third-order valence-corrected chi connectivity index (χ3v) is 5.15. The number of hydrogen-bond acceptors (Lipinski definition) is 6. The van der Waals surface area contributed by atoms with Crippen LogP contribution in [0.25, 0.3) is 6.08 Å². The number of esters is 1. The lowest BCUT2D eigenvalue weighted by molar-refractivity contribution is -0.124. The minimum Gasteiger partial charge on any atom is -0.493 e. The number of thioether (sulfide) groups is 1. The van der Waals surface area contributed by atoms with Crippen molar-refractivity contribution < 1.29 is 23.8 Å². The molecule has 30 heavy (non-hydrogen) atoms. The van der Waals surface area contributed by atoms with Crippen molar-refractivity contribution >= 4 is 29.7 Å². The first kappa shape index (κ1) is 23.3. The lowest BCUT2D eigenvalue weighted by Crippen LogP contribution is -2.30. The van der Waals surface area contributed by atoms with E-state index in [2.05, 4.69) is 29.6 Å². The van der Waals surface area contributed by atoms with Crippen molar-refractivity contribution in [1.29, 1.82) is 0 Å². The molecule has 0 heterocycles. The minimum absolute atomic E-state index is 0.281.